The zero-order valence-corrected chi connectivity index (χ0v) is 12.7. The summed E-state index contributed by atoms with van der Waals surface area (Å²) in [5.41, 5.74) is -0.424. The molecule has 0 spiro atoms. The summed E-state index contributed by atoms with van der Waals surface area (Å²) >= 11 is 3.12. The molecule has 3 N–H and O–H groups in total. The van der Waals surface area contributed by atoms with Crippen LogP contribution in [-0.2, 0) is 9.59 Å². The van der Waals surface area contributed by atoms with Crippen molar-refractivity contribution in [3.05, 3.63) is 39.6 Å². The summed E-state index contributed by atoms with van der Waals surface area (Å²) in [6, 6.07) is 2.95. The van der Waals surface area contributed by atoms with Gasteiger partial charge < -0.3 is 10.4 Å². The van der Waals surface area contributed by atoms with E-state index in [9.17, 15) is 18.8 Å². The van der Waals surface area contributed by atoms with Crippen molar-refractivity contribution in [2.45, 2.75) is 13.8 Å². The molecule has 0 atom stereocenters. The molecule has 0 aliphatic carbocycles. The number of benzene rings is 1. The molecule has 0 saturated carbocycles. The quantitative estimate of drug-likeness (QED) is 0.723. The van der Waals surface area contributed by atoms with Crippen LogP contribution in [0.3, 0.4) is 0 Å². The van der Waals surface area contributed by atoms with Gasteiger partial charge in [0.15, 0.2) is 0 Å². The van der Waals surface area contributed by atoms with E-state index in [0.717, 1.165) is 6.07 Å². The molecule has 0 aromatic heterocycles. The Balaban J connectivity index is 2.79. The van der Waals surface area contributed by atoms with Crippen LogP contribution in [0.25, 0.3) is 0 Å². The van der Waals surface area contributed by atoms with E-state index in [2.05, 4.69) is 21.2 Å². The van der Waals surface area contributed by atoms with Crippen LogP contribution in [-0.4, -0.2) is 23.0 Å². The van der Waals surface area contributed by atoms with Crippen LogP contribution in [0.4, 0.5) is 14.9 Å². The summed E-state index contributed by atoms with van der Waals surface area (Å²) in [7, 11) is 0. The van der Waals surface area contributed by atoms with Crippen molar-refractivity contribution >= 4 is 39.5 Å². The number of hydrogen-bond donors (Lipinski definition) is 3. The predicted octanol–water partition coefficient (Wildman–Crippen LogP) is 2.66. The molecule has 1 rings (SSSR count). The second kappa shape index (κ2) is 6.98. The van der Waals surface area contributed by atoms with E-state index in [0.29, 0.717) is 4.47 Å². The third-order valence-corrected chi connectivity index (χ3v) is 3.12. The van der Waals surface area contributed by atoms with Gasteiger partial charge in [0, 0.05) is 15.6 Å². The first-order valence-electron chi connectivity index (χ1n) is 5.70. The topological polar surface area (TPSA) is 95.5 Å². The molecule has 0 aliphatic heterocycles. The zero-order chi connectivity index (χ0) is 16.2. The molecule has 6 nitrogen and oxygen atoms in total. The number of imide groups is 1. The number of carbonyl (C=O) groups is 3. The van der Waals surface area contributed by atoms with Gasteiger partial charge in [-0.05, 0) is 32.0 Å². The highest BCUT2D eigenvalue weighted by atomic mass is 79.9. The van der Waals surface area contributed by atoms with Gasteiger partial charge in [0.1, 0.15) is 5.82 Å². The third-order valence-electron chi connectivity index (χ3n) is 2.63. The van der Waals surface area contributed by atoms with E-state index in [1.54, 1.807) is 0 Å². The van der Waals surface area contributed by atoms with E-state index in [1.165, 1.54) is 26.0 Å². The number of amides is 3. The minimum atomic E-state index is -1.26. The number of nitrogens with one attached hydrogen (secondary N) is 2. The Bertz CT molecular complexity index is 643. The van der Waals surface area contributed by atoms with Crippen LogP contribution >= 0.6 is 15.9 Å². The first kappa shape index (κ1) is 16.8. The molecule has 112 valence electrons. The lowest BCUT2D eigenvalue weighted by Gasteiger charge is -2.09. The lowest BCUT2D eigenvalue weighted by atomic mass is 10.1. The fourth-order valence-electron chi connectivity index (χ4n) is 1.27. The summed E-state index contributed by atoms with van der Waals surface area (Å²) in [6.45, 7) is 2.51. The number of carbonyl (C=O) groups excluding carboxylic acids is 2. The van der Waals surface area contributed by atoms with Crippen LogP contribution in [0.1, 0.15) is 13.8 Å². The molecule has 0 saturated heterocycles. The number of aliphatic carboxylic acids is 1. The van der Waals surface area contributed by atoms with Crippen molar-refractivity contribution in [1.82, 2.24) is 5.32 Å². The number of rotatable bonds is 3. The van der Waals surface area contributed by atoms with Crippen molar-refractivity contribution in [3.8, 4) is 0 Å². The van der Waals surface area contributed by atoms with E-state index in [4.69, 9.17) is 5.11 Å². The Hall–Kier alpha value is -2.22. The number of carboxylic acids is 1. The molecule has 3 amide bonds. The molecule has 1 aromatic rings. The summed E-state index contributed by atoms with van der Waals surface area (Å²) in [5, 5.41) is 12.8. The van der Waals surface area contributed by atoms with Crippen LogP contribution in [0.2, 0.25) is 0 Å². The van der Waals surface area contributed by atoms with Crippen molar-refractivity contribution in [2.75, 3.05) is 5.32 Å². The third kappa shape index (κ3) is 4.67. The minimum absolute atomic E-state index is 0.118. The molecule has 0 heterocycles. The van der Waals surface area contributed by atoms with Crippen LogP contribution in [0.5, 0.6) is 0 Å². The first-order valence-corrected chi connectivity index (χ1v) is 6.49. The van der Waals surface area contributed by atoms with Gasteiger partial charge >= 0.3 is 12.0 Å². The van der Waals surface area contributed by atoms with Gasteiger partial charge in [0.05, 0.1) is 5.69 Å². The molecular weight excluding hydrogens is 347 g/mol. The molecule has 8 heteroatoms. The number of hydrogen-bond acceptors (Lipinski definition) is 3. The normalized spacial score (nSPS) is 11.4. The Morgan fingerprint density at radius 2 is 1.81 bits per heavy atom. The number of anilines is 1. The highest BCUT2D eigenvalue weighted by molar-refractivity contribution is 9.10. The van der Waals surface area contributed by atoms with E-state index in [1.807, 2.05) is 5.32 Å². The summed E-state index contributed by atoms with van der Waals surface area (Å²) < 4.78 is 14.0. The van der Waals surface area contributed by atoms with Gasteiger partial charge in [-0.25, -0.2) is 14.0 Å². The minimum Gasteiger partial charge on any atom is -0.478 e. The maximum Gasteiger partial charge on any atom is 0.331 e. The molecular formula is C13H12BrFN2O4. The van der Waals surface area contributed by atoms with Gasteiger partial charge in [-0.1, -0.05) is 15.9 Å². The van der Waals surface area contributed by atoms with E-state index in [-0.39, 0.29) is 16.8 Å². The lowest BCUT2D eigenvalue weighted by Crippen LogP contribution is -2.35. The second-order valence-corrected chi connectivity index (χ2v) is 5.00. The Morgan fingerprint density at radius 3 is 2.38 bits per heavy atom. The van der Waals surface area contributed by atoms with Crippen molar-refractivity contribution in [1.29, 1.82) is 0 Å². The molecule has 1 aromatic carbocycles. The average Bonchev–Trinajstić information content (AvgIpc) is 2.40. The van der Waals surface area contributed by atoms with Gasteiger partial charge in [0.2, 0.25) is 0 Å². The Morgan fingerprint density at radius 1 is 1.19 bits per heavy atom. The molecule has 0 aliphatic rings. The largest absolute Gasteiger partial charge is 0.478 e. The van der Waals surface area contributed by atoms with Crippen LogP contribution in [0.15, 0.2) is 33.8 Å². The number of halogens is 2. The molecule has 0 fully saturated rings. The maximum atomic E-state index is 13.4. The Labute approximate surface area is 128 Å². The summed E-state index contributed by atoms with van der Waals surface area (Å²) in [5.74, 6) is -2.81. The van der Waals surface area contributed by atoms with Gasteiger partial charge in [0.25, 0.3) is 5.91 Å². The summed E-state index contributed by atoms with van der Waals surface area (Å²) in [4.78, 5) is 33.9. The van der Waals surface area contributed by atoms with Crippen LogP contribution < -0.4 is 10.6 Å². The first-order chi connectivity index (χ1) is 9.72. The van der Waals surface area contributed by atoms with Gasteiger partial charge in [-0.2, -0.15) is 0 Å². The van der Waals surface area contributed by atoms with E-state index >= 15 is 0 Å². The van der Waals surface area contributed by atoms with Crippen molar-refractivity contribution < 1.29 is 23.9 Å². The van der Waals surface area contributed by atoms with Crippen molar-refractivity contribution in [3.63, 3.8) is 0 Å². The standard InChI is InChI=1S/C13H12BrFN2O4/c1-6(7(2)12(19)20)11(18)17-13(21)16-10-5-8(14)3-4-9(10)15/h3-5H,1-2H3,(H,19,20)(H2,16,17,18,21). The smallest absolute Gasteiger partial charge is 0.331 e. The van der Waals surface area contributed by atoms with Gasteiger partial charge in [-0.3, -0.25) is 10.1 Å². The SMILES string of the molecule is CC(C(=O)O)=C(C)C(=O)NC(=O)Nc1cc(Br)ccc1F. The predicted molar refractivity (Wildman–Crippen MR) is 77.3 cm³/mol. The second-order valence-electron chi connectivity index (χ2n) is 4.09. The number of urea groups is 1. The molecule has 0 bridgehead atoms. The van der Waals surface area contributed by atoms with E-state index < -0.39 is 23.7 Å². The molecule has 21 heavy (non-hydrogen) atoms. The Kier molecular flexibility index (Phi) is 5.60. The highest BCUT2D eigenvalue weighted by Gasteiger charge is 2.16. The molecule has 0 radical (unpaired) electrons. The maximum absolute atomic E-state index is 13.4. The molecule has 0 unspecified atom stereocenters. The average molecular weight is 359 g/mol. The zero-order valence-electron chi connectivity index (χ0n) is 11.2. The van der Waals surface area contributed by atoms with Crippen LogP contribution in [0, 0.1) is 5.82 Å². The van der Waals surface area contributed by atoms with Gasteiger partial charge in [-0.15, -0.1) is 0 Å². The fourth-order valence-corrected chi connectivity index (χ4v) is 1.64. The lowest BCUT2D eigenvalue weighted by molar-refractivity contribution is -0.133. The van der Waals surface area contributed by atoms with Crippen molar-refractivity contribution in [2.24, 2.45) is 0 Å². The summed E-state index contributed by atoms with van der Waals surface area (Å²) in [6.07, 6.45) is 0. The number of carboxylic acid groups (broad SMARTS) is 1. The highest BCUT2D eigenvalue weighted by Crippen LogP contribution is 2.19. The monoisotopic (exact) mass is 358 g/mol. The fraction of sp³-hybridized carbons (Fsp3) is 0.154.